The monoisotopic (exact) mass is 148 g/mol. The quantitative estimate of drug-likeness (QED) is 0.650. The van der Waals surface area contributed by atoms with Crippen molar-refractivity contribution in [1.29, 1.82) is 0 Å². The molecule has 0 aromatic heterocycles. The van der Waals surface area contributed by atoms with Gasteiger partial charge in [0.2, 0.25) is 0 Å². The van der Waals surface area contributed by atoms with Crippen LogP contribution in [0.4, 0.5) is 0 Å². The second-order valence-electron chi connectivity index (χ2n) is 2.17. The Bertz CT molecular complexity index is 231. The van der Waals surface area contributed by atoms with Crippen LogP contribution in [0.2, 0.25) is 0 Å². The number of nitrogens with two attached hydrogens (primary N) is 1. The molecule has 2 heteroatoms. The van der Waals surface area contributed by atoms with Crippen LogP contribution in [0.25, 0.3) is 0 Å². The fourth-order valence-electron chi connectivity index (χ4n) is 0.827. The summed E-state index contributed by atoms with van der Waals surface area (Å²) in [5.41, 5.74) is 5.88. The zero-order chi connectivity index (χ0) is 8.10. The Kier molecular flexibility index (Phi) is 2.81. The summed E-state index contributed by atoms with van der Waals surface area (Å²) in [6.07, 6.45) is 1.47. The number of carbonyl (C=O) groups excluding carboxylic acids is 1. The van der Waals surface area contributed by atoms with Gasteiger partial charge in [-0.3, -0.25) is 4.79 Å². The zero-order valence-corrected chi connectivity index (χ0v) is 6.16. The van der Waals surface area contributed by atoms with Crippen molar-refractivity contribution in [2.45, 2.75) is 0 Å². The molecule has 1 radical (unpaired) electrons. The van der Waals surface area contributed by atoms with E-state index in [-0.39, 0.29) is 5.78 Å². The molecule has 1 rings (SSSR count). The van der Waals surface area contributed by atoms with Gasteiger partial charge < -0.3 is 5.73 Å². The molecule has 2 nitrogen and oxygen atoms in total. The molecule has 0 aliphatic carbocycles. The summed E-state index contributed by atoms with van der Waals surface area (Å²) in [5.74, 6) is -0.00639. The van der Waals surface area contributed by atoms with Gasteiger partial charge >= 0.3 is 0 Å². The predicted octanol–water partition coefficient (Wildman–Crippen LogP) is 1.03. The van der Waals surface area contributed by atoms with Crippen LogP contribution in [0.1, 0.15) is 10.4 Å². The molecule has 0 saturated carbocycles. The maximum Gasteiger partial charge on any atom is 0.167 e. The number of carbonyl (C=O) groups is 1. The predicted molar refractivity (Wildman–Crippen MR) is 44.1 cm³/mol. The van der Waals surface area contributed by atoms with Crippen LogP contribution >= 0.6 is 0 Å². The summed E-state index contributed by atoms with van der Waals surface area (Å²) in [6, 6.07) is 9.08. The third-order valence-electron chi connectivity index (χ3n) is 1.36. The van der Waals surface area contributed by atoms with Crippen LogP contribution in [0.3, 0.4) is 0 Å². The van der Waals surface area contributed by atoms with E-state index in [1.54, 1.807) is 12.1 Å². The van der Waals surface area contributed by atoms with E-state index in [2.05, 4.69) is 0 Å². The minimum atomic E-state index is -0.00639. The second kappa shape index (κ2) is 3.88. The summed E-state index contributed by atoms with van der Waals surface area (Å²) < 4.78 is 0. The first-order valence-electron chi connectivity index (χ1n) is 3.47. The Morgan fingerprint density at radius 3 is 2.55 bits per heavy atom. The van der Waals surface area contributed by atoms with Crippen LogP contribution in [0.5, 0.6) is 0 Å². The van der Waals surface area contributed by atoms with Gasteiger partial charge in [0.1, 0.15) is 0 Å². The van der Waals surface area contributed by atoms with E-state index in [1.165, 1.54) is 6.42 Å². The van der Waals surface area contributed by atoms with Crippen molar-refractivity contribution >= 4 is 5.78 Å². The van der Waals surface area contributed by atoms with Crippen molar-refractivity contribution in [2.24, 2.45) is 5.73 Å². The van der Waals surface area contributed by atoms with Gasteiger partial charge in [-0.25, -0.2) is 0 Å². The SMILES string of the molecule is NC[CH]C(=O)c1ccccc1. The largest absolute Gasteiger partial charge is 0.330 e. The Morgan fingerprint density at radius 1 is 1.36 bits per heavy atom. The second-order valence-corrected chi connectivity index (χ2v) is 2.17. The van der Waals surface area contributed by atoms with Gasteiger partial charge in [-0.15, -0.1) is 0 Å². The first kappa shape index (κ1) is 7.95. The molecule has 11 heavy (non-hydrogen) atoms. The molecule has 0 atom stereocenters. The Balaban J connectivity index is 2.69. The first-order chi connectivity index (χ1) is 5.34. The molecule has 0 spiro atoms. The summed E-state index contributed by atoms with van der Waals surface area (Å²) in [6.45, 7) is 0.299. The number of hydrogen-bond acceptors (Lipinski definition) is 2. The average molecular weight is 148 g/mol. The van der Waals surface area contributed by atoms with Crippen LogP contribution in [-0.4, -0.2) is 12.3 Å². The van der Waals surface area contributed by atoms with E-state index in [4.69, 9.17) is 5.73 Å². The van der Waals surface area contributed by atoms with Crippen LogP contribution < -0.4 is 5.73 Å². The van der Waals surface area contributed by atoms with Gasteiger partial charge in [-0.1, -0.05) is 30.3 Å². The van der Waals surface area contributed by atoms with Crippen LogP contribution in [0.15, 0.2) is 30.3 Å². The molecule has 1 aromatic rings. The normalized spacial score (nSPS) is 9.55. The smallest absolute Gasteiger partial charge is 0.167 e. The highest BCUT2D eigenvalue weighted by Crippen LogP contribution is 2.00. The third-order valence-corrected chi connectivity index (χ3v) is 1.36. The standard InChI is InChI=1S/C9H10NO/c10-7-6-9(11)8-4-2-1-3-5-8/h1-6H,7,10H2. The van der Waals surface area contributed by atoms with E-state index in [0.717, 1.165) is 0 Å². The van der Waals surface area contributed by atoms with Crippen molar-refractivity contribution in [3.8, 4) is 0 Å². The topological polar surface area (TPSA) is 43.1 Å². The Morgan fingerprint density at radius 2 is 2.00 bits per heavy atom. The van der Waals surface area contributed by atoms with Crippen molar-refractivity contribution in [3.05, 3.63) is 42.3 Å². The highest BCUT2D eigenvalue weighted by Gasteiger charge is 2.01. The molecule has 0 fully saturated rings. The van der Waals surface area contributed by atoms with E-state index < -0.39 is 0 Å². The molecule has 0 aliphatic rings. The van der Waals surface area contributed by atoms with Gasteiger partial charge in [-0.2, -0.15) is 0 Å². The molecule has 0 bridgehead atoms. The molecule has 0 saturated heterocycles. The summed E-state index contributed by atoms with van der Waals surface area (Å²) in [7, 11) is 0. The summed E-state index contributed by atoms with van der Waals surface area (Å²) in [4.78, 5) is 11.1. The molecule has 0 amide bonds. The molecule has 0 aliphatic heterocycles. The molecular weight excluding hydrogens is 138 g/mol. The summed E-state index contributed by atoms with van der Waals surface area (Å²) in [5, 5.41) is 0. The van der Waals surface area contributed by atoms with Gasteiger partial charge in [0.15, 0.2) is 5.78 Å². The van der Waals surface area contributed by atoms with Crippen LogP contribution in [-0.2, 0) is 0 Å². The fraction of sp³-hybridized carbons (Fsp3) is 0.111. The lowest BCUT2D eigenvalue weighted by molar-refractivity contribution is 0.102. The number of rotatable bonds is 3. The summed E-state index contributed by atoms with van der Waals surface area (Å²) >= 11 is 0. The van der Waals surface area contributed by atoms with Gasteiger partial charge in [0.05, 0.1) is 0 Å². The Labute approximate surface area is 66.0 Å². The average Bonchev–Trinajstić information content (AvgIpc) is 2.07. The minimum absolute atomic E-state index is 0.00639. The van der Waals surface area contributed by atoms with Crippen molar-refractivity contribution in [2.75, 3.05) is 6.54 Å². The van der Waals surface area contributed by atoms with Crippen molar-refractivity contribution < 1.29 is 4.79 Å². The van der Waals surface area contributed by atoms with E-state index in [9.17, 15) is 4.79 Å². The van der Waals surface area contributed by atoms with Crippen molar-refractivity contribution in [3.63, 3.8) is 0 Å². The lowest BCUT2D eigenvalue weighted by atomic mass is 10.1. The van der Waals surface area contributed by atoms with E-state index >= 15 is 0 Å². The highest BCUT2D eigenvalue weighted by atomic mass is 16.1. The third kappa shape index (κ3) is 2.16. The molecule has 0 heterocycles. The lowest BCUT2D eigenvalue weighted by Gasteiger charge is -1.95. The van der Waals surface area contributed by atoms with E-state index in [1.807, 2.05) is 18.2 Å². The maximum atomic E-state index is 11.1. The van der Waals surface area contributed by atoms with Gasteiger partial charge in [-0.05, 0) is 0 Å². The van der Waals surface area contributed by atoms with Gasteiger partial charge in [0.25, 0.3) is 0 Å². The van der Waals surface area contributed by atoms with E-state index in [0.29, 0.717) is 12.1 Å². The molecule has 57 valence electrons. The number of Topliss-reactive ketones (excluding diaryl/α,β-unsaturated/α-hetero) is 1. The Hall–Kier alpha value is -1.15. The molecule has 2 N–H and O–H groups in total. The molecule has 1 aromatic carbocycles. The number of benzene rings is 1. The van der Waals surface area contributed by atoms with Crippen molar-refractivity contribution in [1.82, 2.24) is 0 Å². The zero-order valence-electron chi connectivity index (χ0n) is 6.16. The molecule has 0 unspecified atom stereocenters. The highest BCUT2D eigenvalue weighted by molar-refractivity contribution is 6.02. The first-order valence-corrected chi connectivity index (χ1v) is 3.47. The fourth-order valence-corrected chi connectivity index (χ4v) is 0.827. The maximum absolute atomic E-state index is 11.1. The molecular formula is C9H10NO. The lowest BCUT2D eigenvalue weighted by Crippen LogP contribution is -2.08. The number of hydrogen-bond donors (Lipinski definition) is 1. The minimum Gasteiger partial charge on any atom is -0.330 e. The number of ketones is 1. The van der Waals surface area contributed by atoms with Crippen LogP contribution in [0, 0.1) is 6.42 Å². The van der Waals surface area contributed by atoms with Gasteiger partial charge in [0, 0.05) is 18.5 Å².